The van der Waals surface area contributed by atoms with E-state index in [2.05, 4.69) is 9.88 Å². The van der Waals surface area contributed by atoms with Crippen molar-refractivity contribution in [2.75, 3.05) is 19.6 Å². The minimum Gasteiger partial charge on any atom is -0.310 e. The Bertz CT molecular complexity index is 656. The summed E-state index contributed by atoms with van der Waals surface area (Å²) in [5, 5.41) is 0. The van der Waals surface area contributed by atoms with E-state index in [0.717, 1.165) is 24.0 Å². The third-order valence-electron chi connectivity index (χ3n) is 4.23. The number of piperidine rings is 1. The molecule has 0 amide bonds. The molecule has 0 spiro atoms. The van der Waals surface area contributed by atoms with Gasteiger partial charge in [-0.3, -0.25) is 9.78 Å². The molecule has 1 saturated heterocycles. The molecule has 0 N–H and O–H groups in total. The molecular formula is C16H21N3O. The van der Waals surface area contributed by atoms with Crippen LogP contribution in [0.25, 0.3) is 11.0 Å². The molecule has 1 aliphatic rings. The van der Waals surface area contributed by atoms with Gasteiger partial charge in [0.2, 0.25) is 0 Å². The molecule has 106 valence electrons. The predicted octanol–water partition coefficient (Wildman–Crippen LogP) is 1.96. The molecule has 0 aliphatic carbocycles. The Balaban J connectivity index is 1.87. The molecule has 0 bridgehead atoms. The Hall–Kier alpha value is -1.68. The molecule has 4 heteroatoms. The van der Waals surface area contributed by atoms with Crippen LogP contribution in [0.1, 0.15) is 24.8 Å². The largest absolute Gasteiger partial charge is 0.310 e. The van der Waals surface area contributed by atoms with Crippen molar-refractivity contribution in [2.24, 2.45) is 7.05 Å². The first-order chi connectivity index (χ1) is 9.75. The topological polar surface area (TPSA) is 38.1 Å². The number of hydrogen-bond donors (Lipinski definition) is 0. The molecule has 3 rings (SSSR count). The highest BCUT2D eigenvalue weighted by Gasteiger charge is 2.12. The zero-order valence-electron chi connectivity index (χ0n) is 12.0. The predicted molar refractivity (Wildman–Crippen MR) is 81.0 cm³/mol. The fourth-order valence-corrected chi connectivity index (χ4v) is 3.06. The maximum atomic E-state index is 11.8. The fraction of sp³-hybridized carbons (Fsp3) is 0.500. The summed E-state index contributed by atoms with van der Waals surface area (Å²) < 4.78 is 1.72. The van der Waals surface area contributed by atoms with E-state index >= 15 is 0 Å². The van der Waals surface area contributed by atoms with Gasteiger partial charge in [-0.25, -0.2) is 0 Å². The zero-order valence-corrected chi connectivity index (χ0v) is 12.0. The molecule has 20 heavy (non-hydrogen) atoms. The smallest absolute Gasteiger partial charge is 0.250 e. The van der Waals surface area contributed by atoms with Crippen LogP contribution in [0.4, 0.5) is 0 Å². The third kappa shape index (κ3) is 2.61. The SMILES string of the molecule is Cn1c(=O)ccc2nccc(CCN3CCCCC3)c21. The molecule has 2 aromatic rings. The van der Waals surface area contributed by atoms with Crippen LogP contribution < -0.4 is 5.56 Å². The van der Waals surface area contributed by atoms with Crippen LogP contribution in [0.3, 0.4) is 0 Å². The van der Waals surface area contributed by atoms with Gasteiger partial charge in [0.25, 0.3) is 5.56 Å². The standard InChI is InChI=1S/C16H21N3O/c1-18-15(20)6-5-14-16(18)13(7-9-17-14)8-12-19-10-3-2-4-11-19/h5-7,9H,2-4,8,10-12H2,1H3. The molecule has 3 heterocycles. The Morgan fingerprint density at radius 3 is 2.75 bits per heavy atom. The summed E-state index contributed by atoms with van der Waals surface area (Å²) in [4.78, 5) is 18.7. The highest BCUT2D eigenvalue weighted by atomic mass is 16.1. The van der Waals surface area contributed by atoms with Crippen molar-refractivity contribution < 1.29 is 0 Å². The molecule has 0 saturated carbocycles. The van der Waals surface area contributed by atoms with Crippen molar-refractivity contribution in [1.82, 2.24) is 14.5 Å². The summed E-state index contributed by atoms with van der Waals surface area (Å²) in [6, 6.07) is 5.46. The fourth-order valence-electron chi connectivity index (χ4n) is 3.06. The lowest BCUT2D eigenvalue weighted by molar-refractivity contribution is 0.231. The molecule has 0 atom stereocenters. The van der Waals surface area contributed by atoms with Crippen molar-refractivity contribution in [1.29, 1.82) is 0 Å². The van der Waals surface area contributed by atoms with Crippen LogP contribution in [0.15, 0.2) is 29.2 Å². The molecule has 1 fully saturated rings. The molecule has 0 unspecified atom stereocenters. The van der Waals surface area contributed by atoms with Gasteiger partial charge in [0, 0.05) is 25.9 Å². The van der Waals surface area contributed by atoms with Gasteiger partial charge >= 0.3 is 0 Å². The number of aryl methyl sites for hydroxylation is 1. The van der Waals surface area contributed by atoms with E-state index in [0.29, 0.717) is 0 Å². The lowest BCUT2D eigenvalue weighted by atomic mass is 10.1. The third-order valence-corrected chi connectivity index (χ3v) is 4.23. The van der Waals surface area contributed by atoms with Gasteiger partial charge in [-0.15, -0.1) is 0 Å². The summed E-state index contributed by atoms with van der Waals surface area (Å²) in [6.07, 6.45) is 6.82. The molecule has 1 aliphatic heterocycles. The second-order valence-corrected chi connectivity index (χ2v) is 5.59. The number of aromatic nitrogens is 2. The number of likely N-dealkylation sites (tertiary alicyclic amines) is 1. The van der Waals surface area contributed by atoms with Gasteiger partial charge in [-0.05, 0) is 50.0 Å². The maximum absolute atomic E-state index is 11.8. The van der Waals surface area contributed by atoms with Crippen molar-refractivity contribution in [2.45, 2.75) is 25.7 Å². The summed E-state index contributed by atoms with van der Waals surface area (Å²) in [6.45, 7) is 3.49. The lowest BCUT2D eigenvalue weighted by Crippen LogP contribution is -2.31. The Morgan fingerprint density at radius 1 is 1.15 bits per heavy atom. The lowest BCUT2D eigenvalue weighted by Gasteiger charge is -2.26. The number of rotatable bonds is 3. The second kappa shape index (κ2) is 5.75. The van der Waals surface area contributed by atoms with Crippen LogP contribution in [0, 0.1) is 0 Å². The van der Waals surface area contributed by atoms with Gasteiger partial charge in [-0.1, -0.05) is 6.42 Å². The Morgan fingerprint density at radius 2 is 1.95 bits per heavy atom. The van der Waals surface area contributed by atoms with Crippen LogP contribution in [-0.4, -0.2) is 34.1 Å². The van der Waals surface area contributed by atoms with Crippen molar-refractivity contribution in [3.63, 3.8) is 0 Å². The van der Waals surface area contributed by atoms with Crippen LogP contribution in [0.5, 0.6) is 0 Å². The number of fused-ring (bicyclic) bond motifs is 1. The van der Waals surface area contributed by atoms with Gasteiger partial charge in [0.05, 0.1) is 11.0 Å². The van der Waals surface area contributed by atoms with E-state index in [-0.39, 0.29) is 5.56 Å². The van der Waals surface area contributed by atoms with Crippen molar-refractivity contribution in [3.05, 3.63) is 40.3 Å². The van der Waals surface area contributed by atoms with E-state index in [4.69, 9.17) is 0 Å². The van der Waals surface area contributed by atoms with E-state index in [9.17, 15) is 4.79 Å². The van der Waals surface area contributed by atoms with Gasteiger partial charge in [0.15, 0.2) is 0 Å². The van der Waals surface area contributed by atoms with E-state index in [1.807, 2.05) is 25.4 Å². The molecular weight excluding hydrogens is 250 g/mol. The van der Waals surface area contributed by atoms with Crippen molar-refractivity contribution >= 4 is 11.0 Å². The number of pyridine rings is 2. The summed E-state index contributed by atoms with van der Waals surface area (Å²) in [5.41, 5.74) is 3.14. The average Bonchev–Trinajstić information content (AvgIpc) is 2.50. The summed E-state index contributed by atoms with van der Waals surface area (Å²) in [7, 11) is 1.83. The Kier molecular flexibility index (Phi) is 3.83. The van der Waals surface area contributed by atoms with Crippen LogP contribution >= 0.6 is 0 Å². The maximum Gasteiger partial charge on any atom is 0.250 e. The van der Waals surface area contributed by atoms with Gasteiger partial charge < -0.3 is 9.47 Å². The van der Waals surface area contributed by atoms with E-state index in [1.54, 1.807) is 10.6 Å². The van der Waals surface area contributed by atoms with Gasteiger partial charge in [0.1, 0.15) is 0 Å². The highest BCUT2D eigenvalue weighted by molar-refractivity contribution is 5.78. The summed E-state index contributed by atoms with van der Waals surface area (Å²) in [5.74, 6) is 0. The normalized spacial score (nSPS) is 16.6. The first-order valence-electron chi connectivity index (χ1n) is 7.42. The minimum absolute atomic E-state index is 0.0322. The Labute approximate surface area is 119 Å². The van der Waals surface area contributed by atoms with E-state index in [1.165, 1.54) is 37.9 Å². The average molecular weight is 271 g/mol. The van der Waals surface area contributed by atoms with Crippen LogP contribution in [0.2, 0.25) is 0 Å². The number of hydrogen-bond acceptors (Lipinski definition) is 3. The van der Waals surface area contributed by atoms with Crippen molar-refractivity contribution in [3.8, 4) is 0 Å². The monoisotopic (exact) mass is 271 g/mol. The zero-order chi connectivity index (χ0) is 13.9. The quantitative estimate of drug-likeness (QED) is 0.856. The number of nitrogens with zero attached hydrogens (tertiary/aromatic N) is 3. The molecule has 4 nitrogen and oxygen atoms in total. The highest BCUT2D eigenvalue weighted by Crippen LogP contribution is 2.16. The van der Waals surface area contributed by atoms with Gasteiger partial charge in [-0.2, -0.15) is 0 Å². The first kappa shape index (κ1) is 13.3. The minimum atomic E-state index is 0.0322. The summed E-state index contributed by atoms with van der Waals surface area (Å²) >= 11 is 0. The molecule has 2 aromatic heterocycles. The second-order valence-electron chi connectivity index (χ2n) is 5.59. The molecule has 0 radical (unpaired) electrons. The van der Waals surface area contributed by atoms with E-state index < -0.39 is 0 Å². The van der Waals surface area contributed by atoms with Crippen LogP contribution in [-0.2, 0) is 13.5 Å². The first-order valence-corrected chi connectivity index (χ1v) is 7.42. The molecule has 0 aromatic carbocycles.